The Bertz CT molecular complexity index is 338. The van der Waals surface area contributed by atoms with Gasteiger partial charge in [0.05, 0.1) is 6.54 Å². The van der Waals surface area contributed by atoms with E-state index in [-0.39, 0.29) is 12.5 Å². The molecule has 0 spiro atoms. The molecule has 5 heteroatoms. The summed E-state index contributed by atoms with van der Waals surface area (Å²) in [5, 5.41) is 12.4. The van der Waals surface area contributed by atoms with Crippen molar-refractivity contribution < 1.29 is 14.7 Å². The molecule has 1 aliphatic heterocycles. The molecule has 0 bridgehead atoms. The lowest BCUT2D eigenvalue weighted by Crippen LogP contribution is -2.46. The molecular formula is C15H26N2O3. The summed E-state index contributed by atoms with van der Waals surface area (Å²) >= 11 is 0. The Kier molecular flexibility index (Phi) is 5.83. The van der Waals surface area contributed by atoms with E-state index in [1.807, 2.05) is 0 Å². The van der Waals surface area contributed by atoms with Crippen molar-refractivity contribution in [2.75, 3.05) is 13.1 Å². The van der Waals surface area contributed by atoms with Crippen molar-refractivity contribution in [1.29, 1.82) is 0 Å². The fourth-order valence-corrected chi connectivity index (χ4v) is 3.32. The topological polar surface area (TPSA) is 69.6 Å². The van der Waals surface area contributed by atoms with Crippen molar-refractivity contribution in [3.05, 3.63) is 0 Å². The Labute approximate surface area is 120 Å². The van der Waals surface area contributed by atoms with E-state index in [2.05, 4.69) is 5.32 Å². The molecule has 114 valence electrons. The van der Waals surface area contributed by atoms with Gasteiger partial charge >= 0.3 is 5.97 Å². The first kappa shape index (κ1) is 15.3. The Morgan fingerprint density at radius 3 is 2.30 bits per heavy atom. The average Bonchev–Trinajstić information content (AvgIpc) is 2.86. The zero-order chi connectivity index (χ0) is 14.4. The first-order chi connectivity index (χ1) is 9.68. The van der Waals surface area contributed by atoms with Crippen LogP contribution in [0.1, 0.15) is 57.8 Å². The van der Waals surface area contributed by atoms with E-state index >= 15 is 0 Å². The van der Waals surface area contributed by atoms with Gasteiger partial charge < -0.3 is 15.3 Å². The highest BCUT2D eigenvalue weighted by atomic mass is 16.4. The van der Waals surface area contributed by atoms with Crippen molar-refractivity contribution in [3.8, 4) is 0 Å². The quantitative estimate of drug-likeness (QED) is 0.824. The molecule has 0 unspecified atom stereocenters. The molecule has 0 aromatic rings. The van der Waals surface area contributed by atoms with Gasteiger partial charge in [-0.25, -0.2) is 4.79 Å². The molecule has 2 fully saturated rings. The van der Waals surface area contributed by atoms with Crippen LogP contribution in [0, 0.1) is 0 Å². The molecule has 2 N–H and O–H groups in total. The number of carbonyl (C=O) groups is 2. The molecule has 0 radical (unpaired) electrons. The van der Waals surface area contributed by atoms with Crippen LogP contribution in [-0.4, -0.2) is 47.1 Å². The van der Waals surface area contributed by atoms with E-state index in [9.17, 15) is 9.59 Å². The van der Waals surface area contributed by atoms with Crippen LogP contribution in [0.15, 0.2) is 0 Å². The molecule has 1 saturated heterocycles. The zero-order valence-corrected chi connectivity index (χ0v) is 12.1. The van der Waals surface area contributed by atoms with E-state index in [0.717, 1.165) is 19.3 Å². The summed E-state index contributed by atoms with van der Waals surface area (Å²) in [6.45, 7) is 0.872. The molecule has 1 atom stereocenters. The number of nitrogens with one attached hydrogen (secondary N) is 1. The van der Waals surface area contributed by atoms with Gasteiger partial charge in [0.15, 0.2) is 0 Å². The van der Waals surface area contributed by atoms with Crippen LogP contribution in [0.25, 0.3) is 0 Å². The van der Waals surface area contributed by atoms with Crippen LogP contribution in [0.2, 0.25) is 0 Å². The second-order valence-electron chi connectivity index (χ2n) is 6.01. The lowest BCUT2D eigenvalue weighted by atomic mass is 9.97. The van der Waals surface area contributed by atoms with Gasteiger partial charge in [-0.15, -0.1) is 0 Å². The summed E-state index contributed by atoms with van der Waals surface area (Å²) in [5.74, 6) is -0.932. The highest BCUT2D eigenvalue weighted by molar-refractivity contribution is 5.85. The summed E-state index contributed by atoms with van der Waals surface area (Å²) in [7, 11) is 0. The van der Waals surface area contributed by atoms with Gasteiger partial charge in [-0.3, -0.25) is 4.79 Å². The Morgan fingerprint density at radius 1 is 1.00 bits per heavy atom. The van der Waals surface area contributed by atoms with Crippen LogP contribution in [0.5, 0.6) is 0 Å². The van der Waals surface area contributed by atoms with Gasteiger partial charge in [0, 0.05) is 12.6 Å². The minimum atomic E-state index is -0.873. The largest absolute Gasteiger partial charge is 0.480 e. The number of carboxylic acid groups (broad SMARTS) is 1. The second kappa shape index (κ2) is 7.62. The molecule has 0 aromatic carbocycles. The molecule has 2 rings (SSSR count). The zero-order valence-electron chi connectivity index (χ0n) is 12.1. The van der Waals surface area contributed by atoms with E-state index in [0.29, 0.717) is 19.0 Å². The first-order valence-electron chi connectivity index (χ1n) is 7.94. The molecule has 1 saturated carbocycles. The van der Waals surface area contributed by atoms with Crippen LogP contribution >= 0.6 is 0 Å². The minimum Gasteiger partial charge on any atom is -0.480 e. The Hall–Kier alpha value is -1.10. The van der Waals surface area contributed by atoms with Crippen LogP contribution in [0.3, 0.4) is 0 Å². The van der Waals surface area contributed by atoms with Crippen molar-refractivity contribution >= 4 is 11.9 Å². The molecule has 20 heavy (non-hydrogen) atoms. The van der Waals surface area contributed by atoms with E-state index in [1.165, 1.54) is 37.0 Å². The first-order valence-corrected chi connectivity index (χ1v) is 7.94. The average molecular weight is 282 g/mol. The van der Waals surface area contributed by atoms with E-state index in [4.69, 9.17) is 5.11 Å². The fraction of sp³-hybridized carbons (Fsp3) is 0.867. The van der Waals surface area contributed by atoms with Gasteiger partial charge in [-0.05, 0) is 25.7 Å². The smallest absolute Gasteiger partial charge is 0.326 e. The summed E-state index contributed by atoms with van der Waals surface area (Å²) in [6.07, 6.45) is 10.0. The standard InChI is InChI=1S/C15H26N2O3/c18-14(17-10-6-9-13(17)15(19)20)11-16-12-7-4-2-1-3-5-8-12/h12-13,16H,1-11H2,(H,19,20)/t13-/m0/s1. The maximum Gasteiger partial charge on any atom is 0.326 e. The number of rotatable bonds is 4. The Balaban J connectivity index is 1.77. The molecule has 1 amide bonds. The molecule has 2 aliphatic rings. The third-order valence-electron chi connectivity index (χ3n) is 4.51. The number of hydrogen-bond donors (Lipinski definition) is 2. The molecular weight excluding hydrogens is 256 g/mol. The van der Waals surface area contributed by atoms with Crippen LogP contribution in [-0.2, 0) is 9.59 Å². The van der Waals surface area contributed by atoms with Gasteiger partial charge in [0.1, 0.15) is 6.04 Å². The number of aliphatic carboxylic acids is 1. The number of likely N-dealkylation sites (tertiary alicyclic amines) is 1. The van der Waals surface area contributed by atoms with Crippen molar-refractivity contribution in [3.63, 3.8) is 0 Å². The summed E-state index contributed by atoms with van der Waals surface area (Å²) in [5.41, 5.74) is 0. The minimum absolute atomic E-state index is 0.0584. The number of carbonyl (C=O) groups excluding carboxylic acids is 1. The predicted molar refractivity (Wildman–Crippen MR) is 76.5 cm³/mol. The van der Waals surface area contributed by atoms with Crippen LogP contribution in [0.4, 0.5) is 0 Å². The third kappa shape index (κ3) is 4.20. The van der Waals surface area contributed by atoms with Gasteiger partial charge in [-0.2, -0.15) is 0 Å². The van der Waals surface area contributed by atoms with Gasteiger partial charge in [-0.1, -0.05) is 32.1 Å². The SMILES string of the molecule is O=C(O)[C@@H]1CCCN1C(=O)CNC1CCCCCCC1. The fourth-order valence-electron chi connectivity index (χ4n) is 3.32. The molecule has 5 nitrogen and oxygen atoms in total. The predicted octanol–water partition coefficient (Wildman–Crippen LogP) is 1.76. The maximum absolute atomic E-state index is 12.2. The lowest BCUT2D eigenvalue weighted by molar-refractivity contribution is -0.147. The van der Waals surface area contributed by atoms with Crippen molar-refractivity contribution in [2.45, 2.75) is 69.9 Å². The van der Waals surface area contributed by atoms with E-state index < -0.39 is 12.0 Å². The normalized spacial score (nSPS) is 25.2. The highest BCUT2D eigenvalue weighted by Gasteiger charge is 2.33. The number of hydrogen-bond acceptors (Lipinski definition) is 3. The summed E-state index contributed by atoms with van der Waals surface area (Å²) in [4.78, 5) is 24.8. The molecule has 1 aliphatic carbocycles. The summed E-state index contributed by atoms with van der Waals surface area (Å²) < 4.78 is 0. The Morgan fingerprint density at radius 2 is 1.65 bits per heavy atom. The van der Waals surface area contributed by atoms with Crippen molar-refractivity contribution in [1.82, 2.24) is 10.2 Å². The van der Waals surface area contributed by atoms with Crippen molar-refractivity contribution in [2.24, 2.45) is 0 Å². The van der Waals surface area contributed by atoms with E-state index in [1.54, 1.807) is 0 Å². The maximum atomic E-state index is 12.2. The van der Waals surface area contributed by atoms with Gasteiger partial charge in [0.2, 0.25) is 5.91 Å². The molecule has 1 heterocycles. The monoisotopic (exact) mass is 282 g/mol. The second-order valence-corrected chi connectivity index (χ2v) is 6.01. The number of carboxylic acids is 1. The highest BCUT2D eigenvalue weighted by Crippen LogP contribution is 2.19. The number of amides is 1. The summed E-state index contributed by atoms with van der Waals surface area (Å²) in [6, 6.07) is -0.188. The third-order valence-corrected chi connectivity index (χ3v) is 4.51. The van der Waals surface area contributed by atoms with Gasteiger partial charge in [0.25, 0.3) is 0 Å². The number of nitrogens with zero attached hydrogens (tertiary/aromatic N) is 1. The lowest BCUT2D eigenvalue weighted by Gasteiger charge is -2.25. The molecule has 0 aromatic heterocycles. The van der Waals surface area contributed by atoms with Crippen LogP contribution < -0.4 is 5.32 Å².